The fourth-order valence-corrected chi connectivity index (χ4v) is 4.59. The van der Waals surface area contributed by atoms with Crippen LogP contribution in [0.3, 0.4) is 0 Å². The molecule has 20 heavy (non-hydrogen) atoms. The molecule has 116 valence electrons. The molecule has 3 atom stereocenters. The molecule has 0 bridgehead atoms. The van der Waals surface area contributed by atoms with E-state index in [1.807, 2.05) is 0 Å². The van der Waals surface area contributed by atoms with Gasteiger partial charge in [-0.2, -0.15) is 0 Å². The van der Waals surface area contributed by atoms with Crippen LogP contribution in [0.4, 0.5) is 0 Å². The largest absolute Gasteiger partial charge is 0.339 e. The second-order valence-corrected chi connectivity index (χ2v) is 6.90. The van der Waals surface area contributed by atoms with Gasteiger partial charge in [-0.25, -0.2) is 0 Å². The van der Waals surface area contributed by atoms with Crippen LogP contribution in [0, 0.1) is 11.8 Å². The van der Waals surface area contributed by atoms with E-state index in [1.54, 1.807) is 0 Å². The third kappa shape index (κ3) is 3.30. The molecular formula is C16H29ClN2O. The number of amides is 1. The number of rotatable bonds is 3. The van der Waals surface area contributed by atoms with E-state index >= 15 is 0 Å². The average molecular weight is 301 g/mol. The zero-order valence-corrected chi connectivity index (χ0v) is 13.2. The second-order valence-electron chi connectivity index (χ2n) is 6.90. The maximum atomic E-state index is 12.6. The Labute approximate surface area is 129 Å². The number of halogens is 1. The summed E-state index contributed by atoms with van der Waals surface area (Å²) >= 11 is 0. The minimum Gasteiger partial charge on any atom is -0.339 e. The summed E-state index contributed by atoms with van der Waals surface area (Å²) in [6.45, 7) is 1.00. The number of carbonyl (C=O) groups is 1. The first-order valence-electron chi connectivity index (χ1n) is 8.31. The number of hydrogen-bond acceptors (Lipinski definition) is 2. The quantitative estimate of drug-likeness (QED) is 0.870. The molecule has 1 unspecified atom stereocenters. The highest BCUT2D eigenvalue weighted by Gasteiger charge is 2.37. The molecule has 0 aromatic rings. The molecule has 3 aliphatic rings. The minimum absolute atomic E-state index is 0. The lowest BCUT2D eigenvalue weighted by atomic mass is 9.94. The van der Waals surface area contributed by atoms with Crippen molar-refractivity contribution in [1.29, 1.82) is 0 Å². The first-order valence-corrected chi connectivity index (χ1v) is 8.31. The van der Waals surface area contributed by atoms with E-state index in [0.717, 1.165) is 25.3 Å². The molecule has 3 fully saturated rings. The van der Waals surface area contributed by atoms with Gasteiger partial charge in [-0.3, -0.25) is 4.79 Å². The van der Waals surface area contributed by atoms with Gasteiger partial charge in [0, 0.05) is 25.0 Å². The third-order valence-corrected chi connectivity index (χ3v) is 5.72. The third-order valence-electron chi connectivity index (χ3n) is 5.72. The molecule has 3 rings (SSSR count). The zero-order chi connectivity index (χ0) is 13.2. The van der Waals surface area contributed by atoms with Gasteiger partial charge in [-0.05, 0) is 50.4 Å². The summed E-state index contributed by atoms with van der Waals surface area (Å²) in [7, 11) is 0. The average Bonchev–Trinajstić information content (AvgIpc) is 3.09. The monoisotopic (exact) mass is 300 g/mol. The van der Waals surface area contributed by atoms with Gasteiger partial charge in [0.15, 0.2) is 0 Å². The van der Waals surface area contributed by atoms with Crippen LogP contribution in [0.1, 0.15) is 64.2 Å². The van der Waals surface area contributed by atoms with E-state index in [4.69, 9.17) is 5.73 Å². The SMILES string of the molecule is Cl.N[C@@H]1CCC[C@H]1CC(=O)N1CCCC1C1CCCC1. The molecule has 2 aliphatic carbocycles. The Morgan fingerprint density at radius 1 is 1.00 bits per heavy atom. The van der Waals surface area contributed by atoms with Gasteiger partial charge in [0.05, 0.1) is 0 Å². The second kappa shape index (κ2) is 7.13. The van der Waals surface area contributed by atoms with Gasteiger partial charge < -0.3 is 10.6 Å². The first kappa shape index (κ1) is 16.1. The van der Waals surface area contributed by atoms with Crippen LogP contribution < -0.4 is 5.73 Å². The molecule has 4 heteroatoms. The van der Waals surface area contributed by atoms with Crippen molar-refractivity contribution >= 4 is 18.3 Å². The normalized spacial score (nSPS) is 34.5. The molecule has 2 N–H and O–H groups in total. The predicted octanol–water partition coefficient (Wildman–Crippen LogP) is 3.11. The molecule has 1 saturated heterocycles. The van der Waals surface area contributed by atoms with Gasteiger partial charge in [0.25, 0.3) is 0 Å². The van der Waals surface area contributed by atoms with E-state index in [0.29, 0.717) is 24.3 Å². The summed E-state index contributed by atoms with van der Waals surface area (Å²) in [4.78, 5) is 14.8. The summed E-state index contributed by atoms with van der Waals surface area (Å²) < 4.78 is 0. The Balaban J connectivity index is 0.00000147. The molecule has 2 saturated carbocycles. The minimum atomic E-state index is 0. The summed E-state index contributed by atoms with van der Waals surface area (Å²) in [5.74, 6) is 1.65. The van der Waals surface area contributed by atoms with Crippen molar-refractivity contribution in [2.75, 3.05) is 6.54 Å². The highest BCUT2D eigenvalue weighted by Crippen LogP contribution is 2.36. The van der Waals surface area contributed by atoms with Crippen LogP contribution >= 0.6 is 12.4 Å². The molecule has 1 heterocycles. The molecule has 0 aromatic heterocycles. The Hall–Kier alpha value is -0.280. The van der Waals surface area contributed by atoms with Gasteiger partial charge in [-0.1, -0.05) is 19.3 Å². The molecule has 3 nitrogen and oxygen atoms in total. The van der Waals surface area contributed by atoms with Crippen LogP contribution in [-0.4, -0.2) is 29.4 Å². The molecule has 1 amide bonds. The highest BCUT2D eigenvalue weighted by atomic mass is 35.5. The fraction of sp³-hybridized carbons (Fsp3) is 0.938. The number of hydrogen-bond donors (Lipinski definition) is 1. The molecular weight excluding hydrogens is 272 g/mol. The molecule has 0 aromatic carbocycles. The molecule has 0 spiro atoms. The van der Waals surface area contributed by atoms with E-state index < -0.39 is 0 Å². The summed E-state index contributed by atoms with van der Waals surface area (Å²) in [6, 6.07) is 0.837. The van der Waals surface area contributed by atoms with E-state index in [1.165, 1.54) is 44.9 Å². The lowest BCUT2D eigenvalue weighted by molar-refractivity contribution is -0.134. The Morgan fingerprint density at radius 2 is 1.75 bits per heavy atom. The van der Waals surface area contributed by atoms with E-state index in [9.17, 15) is 4.79 Å². The van der Waals surface area contributed by atoms with Crippen molar-refractivity contribution in [3.63, 3.8) is 0 Å². The Morgan fingerprint density at radius 3 is 2.40 bits per heavy atom. The number of likely N-dealkylation sites (tertiary alicyclic amines) is 1. The van der Waals surface area contributed by atoms with Crippen LogP contribution in [0.25, 0.3) is 0 Å². The smallest absolute Gasteiger partial charge is 0.223 e. The first-order chi connectivity index (χ1) is 9.25. The van der Waals surface area contributed by atoms with Crippen molar-refractivity contribution in [3.05, 3.63) is 0 Å². The standard InChI is InChI=1S/C16H28N2O.ClH/c17-14-8-3-7-13(14)11-16(19)18-10-4-9-15(18)12-5-1-2-6-12;/h12-15H,1-11,17H2;1H/t13-,14+,15?;/m0./s1. The molecule has 1 aliphatic heterocycles. The van der Waals surface area contributed by atoms with Gasteiger partial charge in [0.2, 0.25) is 5.91 Å². The van der Waals surface area contributed by atoms with Crippen molar-refractivity contribution in [2.24, 2.45) is 17.6 Å². The number of nitrogens with zero attached hydrogens (tertiary/aromatic N) is 1. The van der Waals surface area contributed by atoms with E-state index in [2.05, 4.69) is 4.90 Å². The van der Waals surface area contributed by atoms with Crippen molar-refractivity contribution in [2.45, 2.75) is 76.3 Å². The van der Waals surface area contributed by atoms with Crippen LogP contribution in [0.15, 0.2) is 0 Å². The summed E-state index contributed by atoms with van der Waals surface area (Å²) in [5.41, 5.74) is 6.11. The number of nitrogens with two attached hydrogens (primary N) is 1. The van der Waals surface area contributed by atoms with E-state index in [-0.39, 0.29) is 18.4 Å². The lowest BCUT2D eigenvalue weighted by Gasteiger charge is -2.30. The summed E-state index contributed by atoms with van der Waals surface area (Å²) in [6.07, 6.45) is 12.1. The van der Waals surface area contributed by atoms with Crippen molar-refractivity contribution in [3.8, 4) is 0 Å². The predicted molar refractivity (Wildman–Crippen MR) is 83.9 cm³/mol. The zero-order valence-electron chi connectivity index (χ0n) is 12.4. The van der Waals surface area contributed by atoms with Gasteiger partial charge in [0.1, 0.15) is 0 Å². The van der Waals surface area contributed by atoms with Crippen LogP contribution in [0.5, 0.6) is 0 Å². The summed E-state index contributed by atoms with van der Waals surface area (Å²) in [5, 5.41) is 0. The number of carbonyl (C=O) groups excluding carboxylic acids is 1. The topological polar surface area (TPSA) is 46.3 Å². The van der Waals surface area contributed by atoms with Gasteiger partial charge >= 0.3 is 0 Å². The Bertz CT molecular complexity index is 330. The van der Waals surface area contributed by atoms with Crippen molar-refractivity contribution in [1.82, 2.24) is 4.90 Å². The fourth-order valence-electron chi connectivity index (χ4n) is 4.59. The maximum Gasteiger partial charge on any atom is 0.223 e. The van der Waals surface area contributed by atoms with Crippen LogP contribution in [0.2, 0.25) is 0 Å². The van der Waals surface area contributed by atoms with Gasteiger partial charge in [-0.15, -0.1) is 12.4 Å². The molecule has 0 radical (unpaired) electrons. The van der Waals surface area contributed by atoms with Crippen molar-refractivity contribution < 1.29 is 4.79 Å². The highest BCUT2D eigenvalue weighted by molar-refractivity contribution is 5.85. The Kier molecular flexibility index (Phi) is 5.74. The lowest BCUT2D eigenvalue weighted by Crippen LogP contribution is -2.41. The maximum absolute atomic E-state index is 12.6. The van der Waals surface area contributed by atoms with Crippen LogP contribution in [-0.2, 0) is 4.79 Å².